The molecule has 3 nitrogen and oxygen atoms in total. The number of aryl methyl sites for hydroxylation is 2. The smallest absolute Gasteiger partial charge is 0.0900 e. The molecule has 17 heavy (non-hydrogen) atoms. The van der Waals surface area contributed by atoms with E-state index in [2.05, 4.69) is 42.9 Å². The molecule has 0 aromatic carbocycles. The maximum atomic E-state index is 4.49. The van der Waals surface area contributed by atoms with E-state index in [1.165, 1.54) is 15.6 Å². The molecule has 0 bridgehead atoms. The highest BCUT2D eigenvalue weighted by atomic mass is 35.5. The molecular weight excluding hydrogens is 254 g/mol. The molecule has 1 saturated heterocycles. The SMILES string of the molecule is Cc1nc(C)c(CN2CC(C)NC(C)C2)s1.Cl. The van der Waals surface area contributed by atoms with Crippen molar-refractivity contribution >= 4 is 23.7 Å². The molecule has 2 heterocycles. The van der Waals surface area contributed by atoms with Crippen LogP contribution in [0.25, 0.3) is 0 Å². The van der Waals surface area contributed by atoms with Gasteiger partial charge in [0, 0.05) is 36.6 Å². The van der Waals surface area contributed by atoms with Crippen LogP contribution in [0.15, 0.2) is 0 Å². The van der Waals surface area contributed by atoms with E-state index in [9.17, 15) is 0 Å². The van der Waals surface area contributed by atoms with Gasteiger partial charge >= 0.3 is 0 Å². The third kappa shape index (κ3) is 3.91. The molecular formula is C12H22ClN3S. The average molecular weight is 276 g/mol. The summed E-state index contributed by atoms with van der Waals surface area (Å²) >= 11 is 1.84. The molecule has 2 atom stereocenters. The van der Waals surface area contributed by atoms with Crippen LogP contribution in [0.1, 0.15) is 29.4 Å². The first kappa shape index (κ1) is 14.9. The third-order valence-corrected chi connectivity index (χ3v) is 4.06. The number of rotatable bonds is 2. The summed E-state index contributed by atoms with van der Waals surface area (Å²) in [5.74, 6) is 0. The lowest BCUT2D eigenvalue weighted by Gasteiger charge is -2.35. The van der Waals surface area contributed by atoms with Gasteiger partial charge in [-0.3, -0.25) is 4.90 Å². The fourth-order valence-corrected chi connectivity index (χ4v) is 3.47. The van der Waals surface area contributed by atoms with E-state index in [1.54, 1.807) is 0 Å². The Morgan fingerprint density at radius 3 is 2.35 bits per heavy atom. The number of halogens is 1. The number of hydrogen-bond acceptors (Lipinski definition) is 4. The molecule has 5 heteroatoms. The van der Waals surface area contributed by atoms with Crippen molar-refractivity contribution in [3.8, 4) is 0 Å². The van der Waals surface area contributed by atoms with Gasteiger partial charge in [0.05, 0.1) is 10.7 Å². The topological polar surface area (TPSA) is 28.2 Å². The number of piperazine rings is 1. The van der Waals surface area contributed by atoms with Crippen LogP contribution in [0.3, 0.4) is 0 Å². The molecule has 2 rings (SSSR count). The monoisotopic (exact) mass is 275 g/mol. The van der Waals surface area contributed by atoms with Crippen LogP contribution in [0, 0.1) is 13.8 Å². The summed E-state index contributed by atoms with van der Waals surface area (Å²) in [5, 5.41) is 4.74. The van der Waals surface area contributed by atoms with Gasteiger partial charge < -0.3 is 5.32 Å². The van der Waals surface area contributed by atoms with Gasteiger partial charge in [0.1, 0.15) is 0 Å². The van der Waals surface area contributed by atoms with Crippen molar-refractivity contribution in [3.05, 3.63) is 15.6 Å². The minimum atomic E-state index is 0. The zero-order chi connectivity index (χ0) is 11.7. The highest BCUT2D eigenvalue weighted by molar-refractivity contribution is 7.11. The van der Waals surface area contributed by atoms with E-state index in [0.29, 0.717) is 12.1 Å². The van der Waals surface area contributed by atoms with Crippen LogP contribution < -0.4 is 5.32 Å². The number of hydrogen-bond donors (Lipinski definition) is 1. The zero-order valence-corrected chi connectivity index (χ0v) is 12.6. The van der Waals surface area contributed by atoms with E-state index in [1.807, 2.05) is 11.3 Å². The van der Waals surface area contributed by atoms with Crippen molar-refractivity contribution in [1.82, 2.24) is 15.2 Å². The zero-order valence-electron chi connectivity index (χ0n) is 11.0. The lowest BCUT2D eigenvalue weighted by Crippen LogP contribution is -2.53. The maximum Gasteiger partial charge on any atom is 0.0900 e. The van der Waals surface area contributed by atoms with Crippen LogP contribution in [-0.4, -0.2) is 35.1 Å². The van der Waals surface area contributed by atoms with Crippen molar-refractivity contribution in [3.63, 3.8) is 0 Å². The lowest BCUT2D eigenvalue weighted by molar-refractivity contribution is 0.167. The Bertz CT molecular complexity index is 357. The van der Waals surface area contributed by atoms with Gasteiger partial charge in [0.2, 0.25) is 0 Å². The Labute approximate surface area is 114 Å². The van der Waals surface area contributed by atoms with Crippen LogP contribution >= 0.6 is 23.7 Å². The van der Waals surface area contributed by atoms with Gasteiger partial charge in [-0.25, -0.2) is 4.98 Å². The summed E-state index contributed by atoms with van der Waals surface area (Å²) < 4.78 is 0. The first-order valence-corrected chi connectivity index (χ1v) is 6.77. The maximum absolute atomic E-state index is 4.49. The second-order valence-corrected chi connectivity index (χ2v) is 6.19. The molecule has 1 fully saturated rings. The molecule has 98 valence electrons. The largest absolute Gasteiger partial charge is 0.309 e. The summed E-state index contributed by atoms with van der Waals surface area (Å²) in [5.41, 5.74) is 1.21. The minimum absolute atomic E-state index is 0. The molecule has 0 aliphatic carbocycles. The number of nitrogens with zero attached hydrogens (tertiary/aromatic N) is 2. The Morgan fingerprint density at radius 2 is 1.88 bits per heavy atom. The van der Waals surface area contributed by atoms with E-state index in [4.69, 9.17) is 0 Å². The fraction of sp³-hybridized carbons (Fsp3) is 0.750. The molecule has 1 aliphatic rings. The number of thiazole rings is 1. The summed E-state index contributed by atoms with van der Waals surface area (Å²) in [4.78, 5) is 8.45. The van der Waals surface area contributed by atoms with E-state index >= 15 is 0 Å². The predicted octanol–water partition coefficient (Wildman–Crippen LogP) is 2.36. The molecule has 1 aliphatic heterocycles. The highest BCUT2D eigenvalue weighted by Crippen LogP contribution is 2.20. The second kappa shape index (κ2) is 6.14. The van der Waals surface area contributed by atoms with Gasteiger partial charge in [-0.15, -0.1) is 23.7 Å². The summed E-state index contributed by atoms with van der Waals surface area (Å²) in [6.45, 7) is 12.1. The van der Waals surface area contributed by atoms with Gasteiger partial charge in [0.15, 0.2) is 0 Å². The van der Waals surface area contributed by atoms with Gasteiger partial charge in [-0.2, -0.15) is 0 Å². The van der Waals surface area contributed by atoms with Crippen LogP contribution in [0.5, 0.6) is 0 Å². The summed E-state index contributed by atoms with van der Waals surface area (Å²) in [6, 6.07) is 1.19. The van der Waals surface area contributed by atoms with E-state index in [-0.39, 0.29) is 12.4 Å². The van der Waals surface area contributed by atoms with Gasteiger partial charge in [-0.1, -0.05) is 0 Å². The van der Waals surface area contributed by atoms with Crippen molar-refractivity contribution in [2.75, 3.05) is 13.1 Å². The third-order valence-electron chi connectivity index (χ3n) is 3.00. The van der Waals surface area contributed by atoms with Crippen LogP contribution in [0.4, 0.5) is 0 Å². The Kier molecular flexibility index (Phi) is 5.38. The molecule has 1 aromatic heterocycles. The first-order valence-electron chi connectivity index (χ1n) is 5.96. The van der Waals surface area contributed by atoms with Crippen molar-refractivity contribution in [2.45, 2.75) is 46.3 Å². The van der Waals surface area contributed by atoms with Crippen molar-refractivity contribution < 1.29 is 0 Å². The average Bonchev–Trinajstić information content (AvgIpc) is 2.43. The molecule has 0 radical (unpaired) electrons. The standard InChI is InChI=1S/C12H21N3S.ClH/c1-8-5-15(6-9(2)13-8)7-12-10(3)14-11(4)16-12;/h8-9,13H,5-7H2,1-4H3;1H. The number of aromatic nitrogens is 1. The van der Waals surface area contributed by atoms with Crippen LogP contribution in [0.2, 0.25) is 0 Å². The fourth-order valence-electron chi connectivity index (χ4n) is 2.49. The molecule has 0 amide bonds. The van der Waals surface area contributed by atoms with Gasteiger partial charge in [-0.05, 0) is 27.7 Å². The quantitative estimate of drug-likeness (QED) is 0.898. The van der Waals surface area contributed by atoms with Gasteiger partial charge in [0.25, 0.3) is 0 Å². The summed E-state index contributed by atoms with van der Waals surface area (Å²) in [7, 11) is 0. The van der Waals surface area contributed by atoms with E-state index < -0.39 is 0 Å². The molecule has 2 unspecified atom stereocenters. The Hall–Kier alpha value is -0.160. The molecule has 1 N–H and O–H groups in total. The Balaban J connectivity index is 0.00000144. The normalized spacial score (nSPS) is 25.6. The first-order chi connectivity index (χ1) is 7.54. The van der Waals surface area contributed by atoms with Crippen LogP contribution in [-0.2, 0) is 6.54 Å². The van der Waals surface area contributed by atoms with Crippen molar-refractivity contribution in [2.24, 2.45) is 0 Å². The lowest BCUT2D eigenvalue weighted by atomic mass is 10.1. The molecule has 1 aromatic rings. The minimum Gasteiger partial charge on any atom is -0.309 e. The second-order valence-electron chi connectivity index (χ2n) is 4.90. The predicted molar refractivity (Wildman–Crippen MR) is 76.2 cm³/mol. The highest BCUT2D eigenvalue weighted by Gasteiger charge is 2.21. The summed E-state index contributed by atoms with van der Waals surface area (Å²) in [6.07, 6.45) is 0. The molecule has 0 spiro atoms. The molecule has 0 saturated carbocycles. The number of nitrogens with one attached hydrogen (secondary N) is 1. The van der Waals surface area contributed by atoms with Crippen molar-refractivity contribution in [1.29, 1.82) is 0 Å². The van der Waals surface area contributed by atoms with E-state index in [0.717, 1.165) is 19.6 Å². The Morgan fingerprint density at radius 1 is 1.29 bits per heavy atom.